The molecule has 5 nitrogen and oxygen atoms in total. The van der Waals surface area contributed by atoms with Crippen molar-refractivity contribution in [3.63, 3.8) is 0 Å². The molecule has 0 bridgehead atoms. The third-order valence-corrected chi connectivity index (χ3v) is 3.06. The quantitative estimate of drug-likeness (QED) is 0.785. The van der Waals surface area contributed by atoms with Crippen LogP contribution in [0.4, 0.5) is 0 Å². The highest BCUT2D eigenvalue weighted by Crippen LogP contribution is 2.40. The van der Waals surface area contributed by atoms with Gasteiger partial charge in [-0.25, -0.2) is 0 Å². The van der Waals surface area contributed by atoms with Crippen molar-refractivity contribution < 1.29 is 23.6 Å². The fourth-order valence-corrected chi connectivity index (χ4v) is 2.07. The fraction of sp³-hybridized carbons (Fsp3) is 0.455. The van der Waals surface area contributed by atoms with Gasteiger partial charge in [-0.15, -0.1) is 0 Å². The van der Waals surface area contributed by atoms with Crippen LogP contribution in [0.25, 0.3) is 0 Å². The Labute approximate surface area is 101 Å². The van der Waals surface area contributed by atoms with E-state index in [4.69, 9.17) is 9.63 Å². The number of aliphatic hydroxyl groups excluding tert-OH is 1. The molecule has 0 amide bonds. The molecule has 0 aliphatic rings. The number of benzene rings is 1. The van der Waals surface area contributed by atoms with Crippen LogP contribution >= 0.6 is 7.82 Å². The Hall–Kier alpha value is -0.710. The molecule has 1 unspecified atom stereocenters. The second-order valence-corrected chi connectivity index (χ2v) is 5.21. The van der Waals surface area contributed by atoms with E-state index in [-0.39, 0.29) is 13.2 Å². The first-order chi connectivity index (χ1) is 7.93. The number of phosphoric acid groups is 1. The number of aliphatic hydroxyl groups is 1. The first-order valence-corrected chi connectivity index (χ1v) is 6.71. The second-order valence-electron chi connectivity index (χ2n) is 3.85. The third-order valence-electron chi connectivity index (χ3n) is 1.93. The minimum Gasteiger partial charge on any atom is -0.756 e. The third kappa shape index (κ3) is 5.44. The standard InChI is InChI=1S/C11H17O5P/c1-9(2)16-17(13,14)15-8-11-5-3-10(7-12)4-6-11/h3-6,9,12H,7-8H2,1-2H3,(H,13,14)/p-1. The predicted octanol–water partition coefficient (Wildman–Crippen LogP) is 1.59. The van der Waals surface area contributed by atoms with E-state index in [0.29, 0.717) is 5.56 Å². The number of phosphoric ester groups is 1. The minimum absolute atomic E-state index is 0.0440. The van der Waals surface area contributed by atoms with Gasteiger partial charge in [-0.3, -0.25) is 4.57 Å². The summed E-state index contributed by atoms with van der Waals surface area (Å²) in [5, 5.41) is 8.84. The van der Waals surface area contributed by atoms with Crippen molar-refractivity contribution in [3.05, 3.63) is 35.4 Å². The molecule has 0 saturated carbocycles. The Kier molecular flexibility index (Phi) is 5.31. The minimum atomic E-state index is -4.23. The van der Waals surface area contributed by atoms with E-state index >= 15 is 0 Å². The Morgan fingerprint density at radius 3 is 2.29 bits per heavy atom. The average molecular weight is 259 g/mol. The molecule has 6 heteroatoms. The highest BCUT2D eigenvalue weighted by atomic mass is 31.2. The summed E-state index contributed by atoms with van der Waals surface area (Å²) in [5.41, 5.74) is 1.46. The van der Waals surface area contributed by atoms with Crippen molar-refractivity contribution in [2.45, 2.75) is 33.2 Å². The zero-order valence-corrected chi connectivity index (χ0v) is 10.7. The zero-order chi connectivity index (χ0) is 12.9. The van der Waals surface area contributed by atoms with E-state index in [1.165, 1.54) is 0 Å². The van der Waals surface area contributed by atoms with Gasteiger partial charge in [-0.1, -0.05) is 24.3 Å². The van der Waals surface area contributed by atoms with Crippen LogP contribution in [-0.4, -0.2) is 11.2 Å². The summed E-state index contributed by atoms with van der Waals surface area (Å²) in [6.45, 7) is 3.12. The summed E-state index contributed by atoms with van der Waals surface area (Å²) >= 11 is 0. The van der Waals surface area contributed by atoms with Crippen LogP contribution in [0.2, 0.25) is 0 Å². The van der Waals surface area contributed by atoms with Gasteiger partial charge < -0.3 is 19.0 Å². The molecule has 0 fully saturated rings. The molecule has 1 aromatic carbocycles. The van der Waals surface area contributed by atoms with Crippen molar-refractivity contribution in [2.75, 3.05) is 0 Å². The second kappa shape index (κ2) is 6.28. The Balaban J connectivity index is 2.52. The van der Waals surface area contributed by atoms with Gasteiger partial charge in [-0.05, 0) is 25.0 Å². The maximum atomic E-state index is 11.3. The molecular formula is C11H16O5P-. The molecule has 0 radical (unpaired) electrons. The molecular weight excluding hydrogens is 243 g/mol. The van der Waals surface area contributed by atoms with Gasteiger partial charge in [0.15, 0.2) is 0 Å². The molecule has 0 saturated heterocycles. The monoisotopic (exact) mass is 259 g/mol. The Bertz CT molecular complexity index is 387. The number of rotatable bonds is 6. The van der Waals surface area contributed by atoms with Gasteiger partial charge in [0.25, 0.3) is 7.82 Å². The van der Waals surface area contributed by atoms with Gasteiger partial charge >= 0.3 is 0 Å². The molecule has 1 aromatic rings. The Morgan fingerprint density at radius 2 is 1.82 bits per heavy atom. The van der Waals surface area contributed by atoms with Crippen LogP contribution in [0.1, 0.15) is 25.0 Å². The number of hydrogen-bond acceptors (Lipinski definition) is 5. The van der Waals surface area contributed by atoms with E-state index in [1.54, 1.807) is 38.1 Å². The zero-order valence-electron chi connectivity index (χ0n) is 9.83. The highest BCUT2D eigenvalue weighted by molar-refractivity contribution is 7.45. The van der Waals surface area contributed by atoms with Crippen molar-refractivity contribution in [3.8, 4) is 0 Å². The van der Waals surface area contributed by atoms with Crippen LogP contribution < -0.4 is 4.89 Å². The fourth-order valence-electron chi connectivity index (χ4n) is 1.18. The molecule has 0 aliphatic carbocycles. The summed E-state index contributed by atoms with van der Waals surface area (Å²) in [7, 11) is -4.23. The first-order valence-electron chi connectivity index (χ1n) is 5.25. The van der Waals surface area contributed by atoms with E-state index in [1.807, 2.05) is 0 Å². The summed E-state index contributed by atoms with van der Waals surface area (Å²) in [4.78, 5) is 11.3. The summed E-state index contributed by atoms with van der Waals surface area (Å²) in [5.74, 6) is 0. The van der Waals surface area contributed by atoms with E-state index in [2.05, 4.69) is 4.52 Å². The molecule has 0 aromatic heterocycles. The van der Waals surface area contributed by atoms with Gasteiger partial charge in [0.2, 0.25) is 0 Å². The van der Waals surface area contributed by atoms with Crippen LogP contribution in [0.15, 0.2) is 24.3 Å². The van der Waals surface area contributed by atoms with Crippen LogP contribution in [0, 0.1) is 0 Å². The summed E-state index contributed by atoms with van der Waals surface area (Å²) < 4.78 is 20.6. The Morgan fingerprint density at radius 1 is 1.29 bits per heavy atom. The van der Waals surface area contributed by atoms with Crippen LogP contribution in [0.5, 0.6) is 0 Å². The lowest BCUT2D eigenvalue weighted by molar-refractivity contribution is -0.229. The van der Waals surface area contributed by atoms with Gasteiger partial charge in [0.1, 0.15) is 0 Å². The molecule has 1 rings (SSSR count). The summed E-state index contributed by atoms with van der Waals surface area (Å²) in [6, 6.07) is 6.80. The van der Waals surface area contributed by atoms with Crippen molar-refractivity contribution in [1.82, 2.24) is 0 Å². The maximum Gasteiger partial charge on any atom is 0.268 e. The number of hydrogen-bond donors (Lipinski definition) is 1. The van der Waals surface area contributed by atoms with E-state index in [9.17, 15) is 9.46 Å². The van der Waals surface area contributed by atoms with Gasteiger partial charge in [-0.2, -0.15) is 0 Å². The topological polar surface area (TPSA) is 78.8 Å². The van der Waals surface area contributed by atoms with Crippen molar-refractivity contribution in [2.24, 2.45) is 0 Å². The van der Waals surface area contributed by atoms with Gasteiger partial charge in [0.05, 0.1) is 19.3 Å². The normalized spacial score (nSPS) is 14.9. The average Bonchev–Trinajstić information content (AvgIpc) is 2.25. The predicted molar refractivity (Wildman–Crippen MR) is 61.0 cm³/mol. The van der Waals surface area contributed by atoms with Gasteiger partial charge in [0, 0.05) is 0 Å². The molecule has 0 heterocycles. The molecule has 0 aliphatic heterocycles. The molecule has 0 spiro atoms. The van der Waals surface area contributed by atoms with Crippen molar-refractivity contribution >= 4 is 7.82 Å². The lowest BCUT2D eigenvalue weighted by Crippen LogP contribution is -2.12. The summed E-state index contributed by atoms with van der Waals surface area (Å²) in [6.07, 6.45) is -0.435. The van der Waals surface area contributed by atoms with Crippen molar-refractivity contribution in [1.29, 1.82) is 0 Å². The largest absolute Gasteiger partial charge is 0.756 e. The molecule has 1 atom stereocenters. The highest BCUT2D eigenvalue weighted by Gasteiger charge is 2.11. The SMILES string of the molecule is CC(C)OP(=O)([O-])OCc1ccc(CO)cc1. The van der Waals surface area contributed by atoms with E-state index in [0.717, 1.165) is 5.56 Å². The van der Waals surface area contributed by atoms with E-state index < -0.39 is 13.9 Å². The lowest BCUT2D eigenvalue weighted by Gasteiger charge is -2.24. The molecule has 96 valence electrons. The lowest BCUT2D eigenvalue weighted by atomic mass is 10.1. The molecule has 17 heavy (non-hydrogen) atoms. The molecule has 1 N–H and O–H groups in total. The first kappa shape index (κ1) is 14.4. The maximum absolute atomic E-state index is 11.3. The smallest absolute Gasteiger partial charge is 0.268 e. The van der Waals surface area contributed by atoms with Crippen LogP contribution in [0.3, 0.4) is 0 Å². The van der Waals surface area contributed by atoms with Crippen LogP contribution in [-0.2, 0) is 26.8 Å².